The molecule has 1 aliphatic heterocycles. The highest BCUT2D eigenvalue weighted by Gasteiger charge is 2.27. The van der Waals surface area contributed by atoms with Crippen molar-refractivity contribution in [2.75, 3.05) is 20.2 Å². The number of ether oxygens (including phenoxy) is 1. The smallest absolute Gasteiger partial charge is 0.401 e. The lowest BCUT2D eigenvalue weighted by Gasteiger charge is -2.36. The van der Waals surface area contributed by atoms with E-state index in [2.05, 4.69) is 24.1 Å². The van der Waals surface area contributed by atoms with Crippen LogP contribution in [-0.2, 0) is 19.5 Å². The Balaban J connectivity index is 2.18. The molecule has 0 amide bonds. The Hall–Kier alpha value is -1.27. The van der Waals surface area contributed by atoms with Crippen LogP contribution in [0.1, 0.15) is 37.0 Å². The topological polar surface area (TPSA) is 24.5 Å². The molecule has 0 saturated carbocycles. The van der Waals surface area contributed by atoms with Gasteiger partial charge in [0, 0.05) is 24.7 Å². The van der Waals surface area contributed by atoms with E-state index in [0.29, 0.717) is 11.8 Å². The summed E-state index contributed by atoms with van der Waals surface area (Å²) < 4.78 is 42.3. The fraction of sp³-hybridized carbons (Fsp3) is 0.647. The van der Waals surface area contributed by atoms with Crippen molar-refractivity contribution in [1.82, 2.24) is 10.2 Å². The van der Waals surface area contributed by atoms with Crippen LogP contribution in [0.5, 0.6) is 5.75 Å². The molecule has 23 heavy (non-hydrogen) atoms. The Kier molecular flexibility index (Phi) is 5.92. The van der Waals surface area contributed by atoms with Crippen LogP contribution in [0, 0.1) is 0 Å². The van der Waals surface area contributed by atoms with Crippen LogP contribution >= 0.6 is 0 Å². The van der Waals surface area contributed by atoms with Gasteiger partial charge in [0.15, 0.2) is 0 Å². The van der Waals surface area contributed by atoms with Crippen LogP contribution in [0.3, 0.4) is 0 Å². The van der Waals surface area contributed by atoms with Gasteiger partial charge in [-0.3, -0.25) is 4.90 Å². The van der Waals surface area contributed by atoms with Crippen molar-refractivity contribution in [3.8, 4) is 5.75 Å². The molecule has 0 fully saturated rings. The van der Waals surface area contributed by atoms with Gasteiger partial charge in [0.2, 0.25) is 0 Å². The average Bonchev–Trinajstić information content (AvgIpc) is 2.51. The summed E-state index contributed by atoms with van der Waals surface area (Å²) in [4.78, 5) is 2.43. The molecule has 1 aromatic carbocycles. The summed E-state index contributed by atoms with van der Waals surface area (Å²) in [6.45, 7) is 5.36. The zero-order valence-electron chi connectivity index (χ0n) is 14.0. The van der Waals surface area contributed by atoms with E-state index < -0.39 is 12.7 Å². The maximum atomic E-state index is 12.3. The van der Waals surface area contributed by atoms with Crippen molar-refractivity contribution in [3.63, 3.8) is 0 Å². The van der Waals surface area contributed by atoms with Gasteiger partial charge in [-0.05, 0) is 36.6 Å². The molecule has 1 aromatic rings. The number of methoxy groups -OCH3 is 1. The Labute approximate surface area is 135 Å². The maximum Gasteiger partial charge on any atom is 0.401 e. The Bertz CT molecular complexity index is 531. The first-order valence-corrected chi connectivity index (χ1v) is 8.08. The van der Waals surface area contributed by atoms with Crippen molar-refractivity contribution in [2.45, 2.75) is 52.0 Å². The van der Waals surface area contributed by atoms with Gasteiger partial charge in [-0.1, -0.05) is 19.9 Å². The molecule has 1 N–H and O–H groups in total. The summed E-state index contributed by atoms with van der Waals surface area (Å²) in [6, 6.07) is 4.48. The summed E-state index contributed by atoms with van der Waals surface area (Å²) in [5, 5.41) is 2.45. The van der Waals surface area contributed by atoms with Crippen molar-refractivity contribution >= 4 is 0 Å². The molecule has 6 heteroatoms. The second kappa shape index (κ2) is 7.53. The van der Waals surface area contributed by atoms with E-state index >= 15 is 0 Å². The molecular weight excluding hydrogens is 305 g/mol. The van der Waals surface area contributed by atoms with Gasteiger partial charge in [0.25, 0.3) is 0 Å². The molecule has 3 nitrogen and oxygen atoms in total. The van der Waals surface area contributed by atoms with Gasteiger partial charge in [-0.2, -0.15) is 13.2 Å². The van der Waals surface area contributed by atoms with Crippen molar-refractivity contribution < 1.29 is 17.9 Å². The minimum atomic E-state index is -4.20. The molecule has 1 heterocycles. The number of likely N-dealkylation sites (N-methyl/N-ethyl adjacent to an activating group) is 1. The molecular formula is C17H25F3N2O. The minimum Gasteiger partial charge on any atom is -0.496 e. The normalized spacial score (nSPS) is 18.8. The maximum absolute atomic E-state index is 12.3. The third-order valence-electron chi connectivity index (χ3n) is 4.47. The highest BCUT2D eigenvalue weighted by molar-refractivity contribution is 5.44. The number of rotatable bonds is 6. The van der Waals surface area contributed by atoms with Gasteiger partial charge < -0.3 is 10.1 Å². The number of hydrogen-bond donors (Lipinski definition) is 1. The largest absolute Gasteiger partial charge is 0.496 e. The first-order valence-electron chi connectivity index (χ1n) is 8.08. The Morgan fingerprint density at radius 3 is 2.57 bits per heavy atom. The van der Waals surface area contributed by atoms with E-state index in [1.807, 2.05) is 12.1 Å². The van der Waals surface area contributed by atoms with Crippen LogP contribution in [-0.4, -0.2) is 37.3 Å². The van der Waals surface area contributed by atoms with Gasteiger partial charge in [-0.25, -0.2) is 0 Å². The predicted molar refractivity (Wildman–Crippen MR) is 84.6 cm³/mol. The standard InChI is InChI=1S/C17H25F3N2O/c1-4-15-7-12-6-13(9-21-11-17(18,19)20)16(23-3)8-14(12)10-22(15)5-2/h6,8,15,21H,4-5,7,9-11H2,1-3H3. The molecule has 0 saturated heterocycles. The summed E-state index contributed by atoms with van der Waals surface area (Å²) in [5.74, 6) is 0.657. The van der Waals surface area contributed by atoms with Crippen molar-refractivity contribution in [2.24, 2.45) is 0 Å². The lowest BCUT2D eigenvalue weighted by Crippen LogP contribution is -2.39. The molecule has 0 bridgehead atoms. The number of nitrogens with zero attached hydrogens (tertiary/aromatic N) is 1. The zero-order chi connectivity index (χ0) is 17.0. The number of benzene rings is 1. The van der Waals surface area contributed by atoms with E-state index in [1.165, 1.54) is 11.1 Å². The summed E-state index contributed by atoms with van der Waals surface area (Å²) in [5.41, 5.74) is 3.23. The number of fused-ring (bicyclic) bond motifs is 1. The van der Waals surface area contributed by atoms with E-state index in [1.54, 1.807) is 7.11 Å². The lowest BCUT2D eigenvalue weighted by molar-refractivity contribution is -0.125. The number of hydrogen-bond acceptors (Lipinski definition) is 3. The predicted octanol–water partition coefficient (Wildman–Crippen LogP) is 3.50. The highest BCUT2D eigenvalue weighted by Crippen LogP contribution is 2.31. The van der Waals surface area contributed by atoms with E-state index in [4.69, 9.17) is 4.74 Å². The minimum absolute atomic E-state index is 0.157. The molecule has 1 unspecified atom stereocenters. The number of halogens is 3. The average molecular weight is 330 g/mol. The van der Waals surface area contributed by atoms with E-state index in [0.717, 1.165) is 31.5 Å². The quantitative estimate of drug-likeness (QED) is 0.864. The van der Waals surface area contributed by atoms with Crippen LogP contribution in [0.25, 0.3) is 0 Å². The fourth-order valence-corrected chi connectivity index (χ4v) is 3.23. The Morgan fingerprint density at radius 2 is 2.00 bits per heavy atom. The first-order chi connectivity index (χ1) is 10.9. The van der Waals surface area contributed by atoms with Crippen molar-refractivity contribution in [1.29, 1.82) is 0 Å². The van der Waals surface area contributed by atoms with Crippen molar-refractivity contribution in [3.05, 3.63) is 28.8 Å². The summed E-state index contributed by atoms with van der Waals surface area (Å²) in [6.07, 6.45) is -2.19. The third kappa shape index (κ3) is 4.61. The summed E-state index contributed by atoms with van der Waals surface area (Å²) >= 11 is 0. The molecule has 0 aliphatic carbocycles. The highest BCUT2D eigenvalue weighted by atomic mass is 19.4. The molecule has 0 aromatic heterocycles. The fourth-order valence-electron chi connectivity index (χ4n) is 3.23. The van der Waals surface area contributed by atoms with Crippen LogP contribution in [0.15, 0.2) is 12.1 Å². The lowest BCUT2D eigenvalue weighted by atomic mass is 9.90. The van der Waals surface area contributed by atoms with Crippen LogP contribution in [0.2, 0.25) is 0 Å². The molecule has 2 rings (SSSR count). The number of nitrogens with one attached hydrogen (secondary N) is 1. The second-order valence-electron chi connectivity index (χ2n) is 5.98. The second-order valence-corrected chi connectivity index (χ2v) is 5.98. The van der Waals surface area contributed by atoms with Gasteiger partial charge >= 0.3 is 6.18 Å². The first kappa shape index (κ1) is 18.1. The van der Waals surface area contributed by atoms with Crippen LogP contribution in [0.4, 0.5) is 13.2 Å². The molecule has 0 radical (unpaired) electrons. The van der Waals surface area contributed by atoms with Gasteiger partial charge in [0.1, 0.15) is 5.75 Å². The molecule has 130 valence electrons. The molecule has 1 aliphatic rings. The number of alkyl halides is 3. The van der Waals surface area contributed by atoms with E-state index in [9.17, 15) is 13.2 Å². The van der Waals surface area contributed by atoms with Gasteiger partial charge in [-0.15, -0.1) is 0 Å². The zero-order valence-corrected chi connectivity index (χ0v) is 14.0. The van der Waals surface area contributed by atoms with Gasteiger partial charge in [0.05, 0.1) is 13.7 Å². The molecule has 1 atom stereocenters. The van der Waals surface area contributed by atoms with E-state index in [-0.39, 0.29) is 6.54 Å². The van der Waals surface area contributed by atoms with Crippen LogP contribution < -0.4 is 10.1 Å². The summed E-state index contributed by atoms with van der Waals surface area (Å²) in [7, 11) is 1.56. The SMILES string of the molecule is CCC1Cc2cc(CNCC(F)(F)F)c(OC)cc2CN1CC. The monoisotopic (exact) mass is 330 g/mol. The third-order valence-corrected chi connectivity index (χ3v) is 4.47. The molecule has 0 spiro atoms. The Morgan fingerprint density at radius 1 is 1.26 bits per heavy atom.